The molecule has 0 atom stereocenters. The second kappa shape index (κ2) is 10.8. The van der Waals surface area contributed by atoms with E-state index in [1.165, 1.54) is 24.3 Å². The van der Waals surface area contributed by atoms with Crippen LogP contribution < -0.4 is 10.0 Å². The summed E-state index contributed by atoms with van der Waals surface area (Å²) in [4.78, 5) is 13.0. The van der Waals surface area contributed by atoms with E-state index in [4.69, 9.17) is 4.18 Å². The molecule has 39 heavy (non-hydrogen) atoms. The van der Waals surface area contributed by atoms with Crippen LogP contribution in [0.3, 0.4) is 0 Å². The van der Waals surface area contributed by atoms with Crippen LogP contribution >= 0.6 is 0 Å². The molecule has 2 N–H and O–H groups in total. The maximum atomic E-state index is 13.0. The summed E-state index contributed by atoms with van der Waals surface area (Å²) in [6, 6.07) is 14.0. The molecular weight excluding hydrogens is 540 g/mol. The van der Waals surface area contributed by atoms with Gasteiger partial charge < -0.3 is 9.88 Å². The number of rotatable bonds is 10. The quantitative estimate of drug-likeness (QED) is 0.273. The fourth-order valence-electron chi connectivity index (χ4n) is 3.60. The topological polar surface area (TPSA) is 145 Å². The average Bonchev–Trinajstić information content (AvgIpc) is 3.21. The van der Waals surface area contributed by atoms with Gasteiger partial charge in [0.15, 0.2) is 0 Å². The lowest BCUT2D eigenvalue weighted by Gasteiger charge is -2.25. The molecule has 2 aromatic heterocycles. The molecule has 0 unspecified atom stereocenters. The van der Waals surface area contributed by atoms with Crippen LogP contribution in [0.4, 0.5) is 11.6 Å². The number of hydrogen-bond donors (Lipinski definition) is 2. The standard InChI is InChI=1S/C26H30N6O5S2/c1-18-6-10-22(11-7-18)39(35,36)37-17-26(3,4)31-38(33,34)21-12-8-20(9-13-21)29-25-27-15-14-23(30-25)24-16-28-19(2)32(24)5/h6-16,31H,17H2,1-5H3,(H,27,29,30). The lowest BCUT2D eigenvalue weighted by atomic mass is 10.1. The fourth-order valence-corrected chi connectivity index (χ4v) is 6.05. The first-order chi connectivity index (χ1) is 18.3. The Kier molecular flexibility index (Phi) is 7.89. The zero-order chi connectivity index (χ0) is 28.4. The van der Waals surface area contributed by atoms with E-state index in [9.17, 15) is 16.8 Å². The molecule has 2 aromatic carbocycles. The first-order valence-corrected chi connectivity index (χ1v) is 14.8. The average molecular weight is 571 g/mol. The van der Waals surface area contributed by atoms with Crippen LogP contribution in [0.15, 0.2) is 76.8 Å². The Hall–Kier alpha value is -3.65. The van der Waals surface area contributed by atoms with Crippen molar-refractivity contribution in [1.82, 2.24) is 24.2 Å². The normalized spacial score (nSPS) is 12.4. The second-order valence-corrected chi connectivity index (χ2v) is 13.0. The number of benzene rings is 2. The SMILES string of the molecule is Cc1ccc(S(=O)(=O)OCC(C)(C)NS(=O)(=O)c2ccc(Nc3nccc(-c4cnc(C)n4C)n3)cc2)cc1. The number of nitrogens with one attached hydrogen (secondary N) is 2. The molecule has 0 amide bonds. The predicted molar refractivity (Wildman–Crippen MR) is 147 cm³/mol. The zero-order valence-electron chi connectivity index (χ0n) is 22.2. The van der Waals surface area contributed by atoms with Crippen molar-refractivity contribution < 1.29 is 21.0 Å². The second-order valence-electron chi connectivity index (χ2n) is 9.68. The van der Waals surface area contributed by atoms with Gasteiger partial charge in [0.1, 0.15) is 5.82 Å². The van der Waals surface area contributed by atoms with Crippen LogP contribution in [0.5, 0.6) is 0 Å². The van der Waals surface area contributed by atoms with E-state index < -0.39 is 32.3 Å². The summed E-state index contributed by atoms with van der Waals surface area (Å²) in [7, 11) is -6.13. The molecule has 0 aliphatic heterocycles. The Morgan fingerprint density at radius 3 is 2.15 bits per heavy atom. The monoisotopic (exact) mass is 570 g/mol. The molecule has 0 radical (unpaired) electrons. The van der Waals surface area contributed by atoms with Crippen molar-refractivity contribution in [3.8, 4) is 11.4 Å². The van der Waals surface area contributed by atoms with Gasteiger partial charge in [-0.25, -0.2) is 28.1 Å². The molecule has 0 fully saturated rings. The van der Waals surface area contributed by atoms with Gasteiger partial charge in [-0.15, -0.1) is 0 Å². The van der Waals surface area contributed by atoms with E-state index in [2.05, 4.69) is 25.0 Å². The molecular formula is C26H30N6O5S2. The zero-order valence-corrected chi connectivity index (χ0v) is 23.8. The van der Waals surface area contributed by atoms with Crippen molar-refractivity contribution >= 4 is 31.8 Å². The predicted octanol–water partition coefficient (Wildman–Crippen LogP) is 3.70. The van der Waals surface area contributed by atoms with Crippen molar-refractivity contribution in [3.63, 3.8) is 0 Å². The van der Waals surface area contributed by atoms with E-state index in [-0.39, 0.29) is 9.79 Å². The van der Waals surface area contributed by atoms with Gasteiger partial charge in [0.2, 0.25) is 16.0 Å². The van der Waals surface area contributed by atoms with E-state index in [1.807, 2.05) is 25.5 Å². The summed E-state index contributed by atoms with van der Waals surface area (Å²) in [5, 5.41) is 3.07. The molecule has 13 heteroatoms. The molecule has 206 valence electrons. The largest absolute Gasteiger partial charge is 0.330 e. The minimum Gasteiger partial charge on any atom is -0.330 e. The van der Waals surface area contributed by atoms with Crippen molar-refractivity contribution in [2.24, 2.45) is 7.05 Å². The number of nitrogens with zero attached hydrogens (tertiary/aromatic N) is 4. The highest BCUT2D eigenvalue weighted by molar-refractivity contribution is 7.89. The third kappa shape index (κ3) is 6.87. The number of hydrogen-bond acceptors (Lipinski definition) is 9. The van der Waals surface area contributed by atoms with Gasteiger partial charge in [-0.1, -0.05) is 17.7 Å². The summed E-state index contributed by atoms with van der Waals surface area (Å²) in [5.41, 5.74) is 1.80. The number of anilines is 2. The first-order valence-electron chi connectivity index (χ1n) is 11.9. The van der Waals surface area contributed by atoms with Crippen molar-refractivity contribution in [1.29, 1.82) is 0 Å². The van der Waals surface area contributed by atoms with Crippen LogP contribution in [-0.2, 0) is 31.4 Å². The van der Waals surface area contributed by atoms with Gasteiger partial charge in [0.25, 0.3) is 10.1 Å². The van der Waals surface area contributed by atoms with E-state index in [0.717, 1.165) is 17.1 Å². The van der Waals surface area contributed by atoms with E-state index in [0.29, 0.717) is 17.3 Å². The Bertz CT molecular complexity index is 1680. The third-order valence-corrected chi connectivity index (χ3v) is 8.85. The molecule has 0 bridgehead atoms. The number of imidazole rings is 1. The molecule has 2 heterocycles. The van der Waals surface area contributed by atoms with Gasteiger partial charge in [0, 0.05) is 18.9 Å². The minimum atomic E-state index is -4.05. The Labute approximate surface area is 228 Å². The Morgan fingerprint density at radius 1 is 0.897 bits per heavy atom. The summed E-state index contributed by atoms with van der Waals surface area (Å²) in [5.74, 6) is 1.19. The summed E-state index contributed by atoms with van der Waals surface area (Å²) < 4.78 is 60.6. The molecule has 11 nitrogen and oxygen atoms in total. The molecule has 0 saturated carbocycles. The Morgan fingerprint density at radius 2 is 1.54 bits per heavy atom. The lowest BCUT2D eigenvalue weighted by molar-refractivity contribution is 0.234. The maximum absolute atomic E-state index is 13.0. The first kappa shape index (κ1) is 28.4. The van der Waals surface area contributed by atoms with Gasteiger partial charge >= 0.3 is 0 Å². The highest BCUT2D eigenvalue weighted by Crippen LogP contribution is 2.22. The molecule has 0 aliphatic carbocycles. The highest BCUT2D eigenvalue weighted by Gasteiger charge is 2.29. The van der Waals surface area contributed by atoms with Gasteiger partial charge in [-0.05, 0) is 70.2 Å². The van der Waals surface area contributed by atoms with Gasteiger partial charge in [-0.3, -0.25) is 4.18 Å². The molecule has 4 rings (SSSR count). The molecule has 0 aliphatic rings. The van der Waals surface area contributed by atoms with Gasteiger partial charge in [0.05, 0.1) is 39.5 Å². The smallest absolute Gasteiger partial charge is 0.297 e. The summed E-state index contributed by atoms with van der Waals surface area (Å²) in [6.07, 6.45) is 3.36. The van der Waals surface area contributed by atoms with Crippen molar-refractivity contribution in [2.75, 3.05) is 11.9 Å². The molecule has 0 spiro atoms. The number of sulfonamides is 1. The van der Waals surface area contributed by atoms with E-state index in [1.54, 1.807) is 56.6 Å². The summed E-state index contributed by atoms with van der Waals surface area (Å²) in [6.45, 7) is 6.42. The number of aryl methyl sites for hydroxylation is 2. The fraction of sp³-hybridized carbons (Fsp3) is 0.269. The molecule has 0 saturated heterocycles. The van der Waals surface area contributed by atoms with Crippen molar-refractivity contribution in [3.05, 3.63) is 78.4 Å². The highest BCUT2D eigenvalue weighted by atomic mass is 32.2. The van der Waals surface area contributed by atoms with E-state index >= 15 is 0 Å². The Balaban J connectivity index is 1.42. The van der Waals surface area contributed by atoms with Crippen LogP contribution in [0.25, 0.3) is 11.4 Å². The van der Waals surface area contributed by atoms with Crippen LogP contribution in [-0.4, -0.2) is 48.5 Å². The van der Waals surface area contributed by atoms with Crippen LogP contribution in [0, 0.1) is 13.8 Å². The third-order valence-electron chi connectivity index (χ3n) is 5.85. The maximum Gasteiger partial charge on any atom is 0.297 e. The lowest BCUT2D eigenvalue weighted by Crippen LogP contribution is -2.47. The number of aromatic nitrogens is 4. The van der Waals surface area contributed by atoms with Crippen LogP contribution in [0.1, 0.15) is 25.2 Å². The molecule has 4 aromatic rings. The van der Waals surface area contributed by atoms with Gasteiger partial charge in [-0.2, -0.15) is 8.42 Å². The van der Waals surface area contributed by atoms with Crippen molar-refractivity contribution in [2.45, 2.75) is 43.0 Å². The summed E-state index contributed by atoms with van der Waals surface area (Å²) >= 11 is 0. The van der Waals surface area contributed by atoms with Crippen LogP contribution in [0.2, 0.25) is 0 Å². The minimum absolute atomic E-state index is 0.000188.